The Labute approximate surface area is 111 Å². The first-order valence-electron chi connectivity index (χ1n) is 6.06. The van der Waals surface area contributed by atoms with Crippen LogP contribution in [0.1, 0.15) is 28.5 Å². The van der Waals surface area contributed by atoms with Crippen LogP contribution < -0.4 is 5.32 Å². The normalized spacial score (nSPS) is 10.2. The molecule has 5 heteroatoms. The predicted octanol–water partition coefficient (Wildman–Crippen LogP) is 2.35. The van der Waals surface area contributed by atoms with Crippen molar-refractivity contribution in [1.29, 1.82) is 0 Å². The molecule has 1 aromatic carbocycles. The van der Waals surface area contributed by atoms with Gasteiger partial charge in [0.1, 0.15) is 5.82 Å². The molecule has 0 unspecified atom stereocenters. The molecule has 0 spiro atoms. The first-order chi connectivity index (χ1) is 9.20. The minimum atomic E-state index is -1.07. The van der Waals surface area contributed by atoms with Crippen LogP contribution in [0.4, 0.5) is 5.82 Å². The molecule has 0 aliphatic rings. The summed E-state index contributed by atoms with van der Waals surface area (Å²) in [7, 11) is 0. The van der Waals surface area contributed by atoms with Crippen LogP contribution in [0.5, 0.6) is 0 Å². The Morgan fingerprint density at radius 2 is 1.95 bits per heavy atom. The molecule has 0 aliphatic carbocycles. The van der Waals surface area contributed by atoms with Gasteiger partial charge in [-0.2, -0.15) is 0 Å². The number of hydrogen-bond acceptors (Lipinski definition) is 4. The van der Waals surface area contributed by atoms with Gasteiger partial charge in [0.2, 0.25) is 0 Å². The third-order valence-corrected chi connectivity index (χ3v) is 2.83. The molecule has 0 atom stereocenters. The molecule has 0 amide bonds. The number of hydrogen-bond donors (Lipinski definition) is 2. The maximum atomic E-state index is 10.7. The number of carboxylic acid groups (broad SMARTS) is 1. The van der Waals surface area contributed by atoms with Crippen molar-refractivity contribution >= 4 is 11.8 Å². The molecule has 2 rings (SSSR count). The van der Waals surface area contributed by atoms with Gasteiger partial charge >= 0.3 is 5.97 Å². The number of rotatable bonds is 5. The molecule has 98 valence electrons. The summed E-state index contributed by atoms with van der Waals surface area (Å²) in [4.78, 5) is 18.5. The average molecular weight is 257 g/mol. The molecule has 0 bridgehead atoms. The van der Waals surface area contributed by atoms with E-state index in [0.717, 1.165) is 6.42 Å². The lowest BCUT2D eigenvalue weighted by atomic mass is 10.1. The monoisotopic (exact) mass is 257 g/mol. The zero-order chi connectivity index (χ0) is 13.7. The third-order valence-electron chi connectivity index (χ3n) is 2.83. The third kappa shape index (κ3) is 3.28. The van der Waals surface area contributed by atoms with Gasteiger partial charge in [0.15, 0.2) is 5.69 Å². The lowest BCUT2D eigenvalue weighted by Crippen LogP contribution is -2.06. The van der Waals surface area contributed by atoms with Gasteiger partial charge in [0, 0.05) is 6.54 Å². The minimum absolute atomic E-state index is 0.0560. The van der Waals surface area contributed by atoms with Crippen LogP contribution in [0.25, 0.3) is 0 Å². The van der Waals surface area contributed by atoms with Gasteiger partial charge in [0.05, 0.1) is 12.4 Å². The molecule has 2 aromatic rings. The lowest BCUT2D eigenvalue weighted by Gasteiger charge is -2.09. The Bertz CT molecular complexity index is 567. The maximum Gasteiger partial charge on any atom is 0.356 e. The second-order valence-electron chi connectivity index (χ2n) is 4.07. The first-order valence-corrected chi connectivity index (χ1v) is 6.06. The van der Waals surface area contributed by atoms with E-state index in [4.69, 9.17) is 5.11 Å². The summed E-state index contributed by atoms with van der Waals surface area (Å²) in [5.74, 6) is -0.508. The Kier molecular flexibility index (Phi) is 4.07. The smallest absolute Gasteiger partial charge is 0.356 e. The molecule has 0 saturated heterocycles. The molecular weight excluding hydrogens is 242 g/mol. The van der Waals surface area contributed by atoms with E-state index in [1.54, 1.807) is 0 Å². The lowest BCUT2D eigenvalue weighted by molar-refractivity contribution is 0.0690. The van der Waals surface area contributed by atoms with Crippen LogP contribution in [0, 0.1) is 0 Å². The van der Waals surface area contributed by atoms with Crippen molar-refractivity contribution in [3.8, 4) is 0 Å². The summed E-state index contributed by atoms with van der Waals surface area (Å²) in [6, 6.07) is 8.17. The maximum absolute atomic E-state index is 10.7. The number of aryl methyl sites for hydroxylation is 1. The molecule has 0 fully saturated rings. The minimum Gasteiger partial charge on any atom is -0.476 e. The fourth-order valence-corrected chi connectivity index (χ4v) is 1.79. The van der Waals surface area contributed by atoms with Crippen LogP contribution in [-0.4, -0.2) is 21.0 Å². The van der Waals surface area contributed by atoms with Crippen molar-refractivity contribution in [3.63, 3.8) is 0 Å². The van der Waals surface area contributed by atoms with E-state index in [9.17, 15) is 4.79 Å². The molecule has 1 heterocycles. The summed E-state index contributed by atoms with van der Waals surface area (Å²) in [6.07, 6.45) is 3.65. The van der Waals surface area contributed by atoms with E-state index in [1.165, 1.54) is 23.5 Å². The fourth-order valence-electron chi connectivity index (χ4n) is 1.79. The standard InChI is InChI=1S/C14H15N3O2/c1-2-10-5-3-4-6-11(10)7-16-13-9-15-12(8-17-13)14(18)19/h3-6,8-9H,2,7H2,1H3,(H,16,17)(H,18,19). The Morgan fingerprint density at radius 1 is 1.21 bits per heavy atom. The number of nitrogens with zero attached hydrogens (tertiary/aromatic N) is 2. The quantitative estimate of drug-likeness (QED) is 0.860. The van der Waals surface area contributed by atoms with Crippen molar-refractivity contribution in [2.75, 3.05) is 5.32 Å². The number of carboxylic acids is 1. The molecule has 2 N–H and O–H groups in total. The van der Waals surface area contributed by atoms with E-state index < -0.39 is 5.97 Å². The summed E-state index contributed by atoms with van der Waals surface area (Å²) in [6.45, 7) is 2.76. The summed E-state index contributed by atoms with van der Waals surface area (Å²) >= 11 is 0. The highest BCUT2D eigenvalue weighted by molar-refractivity contribution is 5.84. The van der Waals surface area contributed by atoms with Gasteiger partial charge in [-0.15, -0.1) is 0 Å². The highest BCUT2D eigenvalue weighted by Gasteiger charge is 2.05. The van der Waals surface area contributed by atoms with Crippen molar-refractivity contribution in [3.05, 3.63) is 53.5 Å². The van der Waals surface area contributed by atoms with E-state index >= 15 is 0 Å². The van der Waals surface area contributed by atoms with Gasteiger partial charge < -0.3 is 10.4 Å². The zero-order valence-electron chi connectivity index (χ0n) is 10.6. The van der Waals surface area contributed by atoms with Gasteiger partial charge in [-0.05, 0) is 17.5 Å². The molecule has 5 nitrogen and oxygen atoms in total. The largest absolute Gasteiger partial charge is 0.476 e. The SMILES string of the molecule is CCc1ccccc1CNc1cnc(C(=O)O)cn1. The first kappa shape index (κ1) is 13.0. The van der Waals surface area contributed by atoms with Crippen LogP contribution in [0.2, 0.25) is 0 Å². The number of benzene rings is 1. The number of nitrogens with one attached hydrogen (secondary N) is 1. The van der Waals surface area contributed by atoms with Gasteiger partial charge in [-0.25, -0.2) is 14.8 Å². The highest BCUT2D eigenvalue weighted by Crippen LogP contribution is 2.11. The van der Waals surface area contributed by atoms with Crippen molar-refractivity contribution < 1.29 is 9.90 Å². The second kappa shape index (κ2) is 5.95. The molecule has 1 aromatic heterocycles. The van der Waals surface area contributed by atoms with Gasteiger partial charge in [0.25, 0.3) is 0 Å². The van der Waals surface area contributed by atoms with Crippen LogP contribution >= 0.6 is 0 Å². The number of aromatic carboxylic acids is 1. The van der Waals surface area contributed by atoms with E-state index in [1.807, 2.05) is 12.1 Å². The zero-order valence-corrected chi connectivity index (χ0v) is 10.6. The summed E-state index contributed by atoms with van der Waals surface area (Å²) in [5, 5.41) is 11.9. The van der Waals surface area contributed by atoms with Crippen LogP contribution in [-0.2, 0) is 13.0 Å². The van der Waals surface area contributed by atoms with Crippen molar-refractivity contribution in [2.24, 2.45) is 0 Å². The van der Waals surface area contributed by atoms with E-state index in [-0.39, 0.29) is 5.69 Å². The molecule has 19 heavy (non-hydrogen) atoms. The molecule has 0 aliphatic heterocycles. The Hall–Kier alpha value is -2.43. The number of carbonyl (C=O) groups is 1. The predicted molar refractivity (Wildman–Crippen MR) is 72.1 cm³/mol. The van der Waals surface area contributed by atoms with E-state index in [2.05, 4.69) is 34.3 Å². The molecule has 0 radical (unpaired) electrons. The topological polar surface area (TPSA) is 75.1 Å². The second-order valence-corrected chi connectivity index (χ2v) is 4.07. The summed E-state index contributed by atoms with van der Waals surface area (Å²) < 4.78 is 0. The number of aromatic nitrogens is 2. The molecular formula is C14H15N3O2. The molecule has 0 saturated carbocycles. The van der Waals surface area contributed by atoms with Crippen molar-refractivity contribution in [2.45, 2.75) is 19.9 Å². The van der Waals surface area contributed by atoms with Crippen LogP contribution in [0.3, 0.4) is 0 Å². The highest BCUT2D eigenvalue weighted by atomic mass is 16.4. The number of anilines is 1. The average Bonchev–Trinajstić information content (AvgIpc) is 2.45. The van der Waals surface area contributed by atoms with Crippen molar-refractivity contribution in [1.82, 2.24) is 9.97 Å². The van der Waals surface area contributed by atoms with Crippen LogP contribution in [0.15, 0.2) is 36.7 Å². The van der Waals surface area contributed by atoms with E-state index in [0.29, 0.717) is 12.4 Å². The summed E-state index contributed by atoms with van der Waals surface area (Å²) in [5.41, 5.74) is 2.43. The van der Waals surface area contributed by atoms with Gasteiger partial charge in [-0.1, -0.05) is 31.2 Å². The Balaban J connectivity index is 2.04. The fraction of sp³-hybridized carbons (Fsp3) is 0.214. The Morgan fingerprint density at radius 3 is 2.53 bits per heavy atom. The van der Waals surface area contributed by atoms with Gasteiger partial charge in [-0.3, -0.25) is 0 Å².